The van der Waals surface area contributed by atoms with Crippen LogP contribution in [0.3, 0.4) is 0 Å². The summed E-state index contributed by atoms with van der Waals surface area (Å²) in [5, 5.41) is 11.9. The molecule has 2 aromatic rings. The van der Waals surface area contributed by atoms with Crippen molar-refractivity contribution in [1.29, 1.82) is 0 Å². The molecule has 0 saturated heterocycles. The van der Waals surface area contributed by atoms with Crippen molar-refractivity contribution in [3.05, 3.63) is 18.2 Å². The fraction of sp³-hybridized carbons (Fsp3) is 0.462. The molecule has 0 amide bonds. The Balaban J connectivity index is 2.49. The van der Waals surface area contributed by atoms with Crippen LogP contribution < -0.4 is 10.5 Å². The first kappa shape index (κ1) is 13.3. The van der Waals surface area contributed by atoms with Gasteiger partial charge in [0.05, 0.1) is 18.4 Å². The summed E-state index contributed by atoms with van der Waals surface area (Å²) in [5.41, 5.74) is 7.37. The zero-order valence-electron chi connectivity index (χ0n) is 11.7. The van der Waals surface area contributed by atoms with Gasteiger partial charge in [-0.3, -0.25) is 0 Å². The molecule has 2 N–H and O–H groups in total. The van der Waals surface area contributed by atoms with E-state index < -0.39 is 0 Å². The summed E-state index contributed by atoms with van der Waals surface area (Å²) in [4.78, 5) is 0. The van der Waals surface area contributed by atoms with Crippen molar-refractivity contribution in [3.63, 3.8) is 0 Å². The lowest BCUT2D eigenvalue weighted by Gasteiger charge is -2.19. The zero-order chi connectivity index (χ0) is 14.0. The SMILES string of the molecule is COc1c(N)cccc1-c1nnnn1CC(C)(C)C. The molecule has 0 saturated carbocycles. The molecule has 0 aliphatic heterocycles. The van der Waals surface area contributed by atoms with Crippen LogP contribution >= 0.6 is 0 Å². The fourth-order valence-corrected chi connectivity index (χ4v) is 1.91. The van der Waals surface area contributed by atoms with Crippen molar-refractivity contribution in [2.24, 2.45) is 5.41 Å². The summed E-state index contributed by atoms with van der Waals surface area (Å²) >= 11 is 0. The summed E-state index contributed by atoms with van der Waals surface area (Å²) < 4.78 is 7.13. The maximum Gasteiger partial charge on any atom is 0.185 e. The molecular formula is C13H19N5O. The topological polar surface area (TPSA) is 78.8 Å². The second-order valence-electron chi connectivity index (χ2n) is 5.65. The number of anilines is 1. The van der Waals surface area contributed by atoms with Gasteiger partial charge in [-0.05, 0) is 28.0 Å². The molecule has 1 aromatic carbocycles. The fourth-order valence-electron chi connectivity index (χ4n) is 1.91. The number of rotatable bonds is 3. The van der Waals surface area contributed by atoms with Crippen LogP contribution in [0.1, 0.15) is 20.8 Å². The van der Waals surface area contributed by atoms with Crippen molar-refractivity contribution in [1.82, 2.24) is 20.2 Å². The van der Waals surface area contributed by atoms with E-state index in [1.54, 1.807) is 17.9 Å². The number of nitrogens with zero attached hydrogens (tertiary/aromatic N) is 4. The Morgan fingerprint density at radius 3 is 2.68 bits per heavy atom. The summed E-state index contributed by atoms with van der Waals surface area (Å²) in [6.45, 7) is 7.12. The summed E-state index contributed by atoms with van der Waals surface area (Å²) in [6, 6.07) is 5.56. The third-order valence-electron chi connectivity index (χ3n) is 2.65. The van der Waals surface area contributed by atoms with Crippen LogP contribution in [-0.2, 0) is 6.54 Å². The minimum absolute atomic E-state index is 0.0810. The first-order valence-corrected chi connectivity index (χ1v) is 6.11. The van der Waals surface area contributed by atoms with Crippen molar-refractivity contribution >= 4 is 5.69 Å². The Morgan fingerprint density at radius 2 is 2.05 bits per heavy atom. The molecule has 19 heavy (non-hydrogen) atoms. The Morgan fingerprint density at radius 1 is 1.32 bits per heavy atom. The monoisotopic (exact) mass is 261 g/mol. The number of ether oxygens (including phenoxy) is 1. The van der Waals surface area contributed by atoms with E-state index in [2.05, 4.69) is 36.3 Å². The lowest BCUT2D eigenvalue weighted by atomic mass is 9.97. The molecule has 1 heterocycles. The molecule has 0 bridgehead atoms. The minimum atomic E-state index is 0.0810. The van der Waals surface area contributed by atoms with Crippen LogP contribution in [0.25, 0.3) is 11.4 Å². The second-order valence-corrected chi connectivity index (χ2v) is 5.65. The number of hydrogen-bond donors (Lipinski definition) is 1. The molecular weight excluding hydrogens is 242 g/mol. The van der Waals surface area contributed by atoms with Gasteiger partial charge < -0.3 is 10.5 Å². The zero-order valence-corrected chi connectivity index (χ0v) is 11.7. The Bertz CT molecular complexity index is 571. The predicted octanol–water partition coefficient (Wildman–Crippen LogP) is 1.98. The van der Waals surface area contributed by atoms with Crippen LogP contribution in [0, 0.1) is 5.41 Å². The van der Waals surface area contributed by atoms with Crippen LogP contribution in [-0.4, -0.2) is 27.3 Å². The van der Waals surface area contributed by atoms with Gasteiger partial charge >= 0.3 is 0 Å². The van der Waals surface area contributed by atoms with Crippen LogP contribution in [0.5, 0.6) is 5.75 Å². The van der Waals surface area contributed by atoms with Gasteiger partial charge in [0.1, 0.15) is 0 Å². The summed E-state index contributed by atoms with van der Waals surface area (Å²) in [5.74, 6) is 1.27. The molecule has 0 aliphatic rings. The van der Waals surface area contributed by atoms with Gasteiger partial charge in [0, 0.05) is 6.54 Å². The molecule has 0 fully saturated rings. The summed E-state index contributed by atoms with van der Waals surface area (Å²) in [7, 11) is 1.59. The van der Waals surface area contributed by atoms with Gasteiger partial charge in [0.15, 0.2) is 11.6 Å². The first-order valence-electron chi connectivity index (χ1n) is 6.11. The van der Waals surface area contributed by atoms with E-state index >= 15 is 0 Å². The molecule has 0 aliphatic carbocycles. The highest BCUT2D eigenvalue weighted by atomic mass is 16.5. The number of nitrogen functional groups attached to an aromatic ring is 1. The van der Waals surface area contributed by atoms with E-state index in [0.717, 1.165) is 5.56 Å². The molecule has 6 heteroatoms. The predicted molar refractivity (Wildman–Crippen MR) is 73.7 cm³/mol. The highest BCUT2D eigenvalue weighted by Crippen LogP contribution is 2.33. The number of para-hydroxylation sites is 1. The third kappa shape index (κ3) is 2.83. The number of benzene rings is 1. The van der Waals surface area contributed by atoms with Crippen LogP contribution in [0.15, 0.2) is 18.2 Å². The number of hydrogen-bond acceptors (Lipinski definition) is 5. The Kier molecular flexibility index (Phi) is 3.42. The average Bonchev–Trinajstić information content (AvgIpc) is 2.74. The Hall–Kier alpha value is -2.11. The molecule has 1 aromatic heterocycles. The molecule has 0 atom stereocenters. The van der Waals surface area contributed by atoms with Gasteiger partial charge in [-0.1, -0.05) is 26.8 Å². The molecule has 2 rings (SSSR count). The van der Waals surface area contributed by atoms with E-state index in [-0.39, 0.29) is 5.41 Å². The smallest absolute Gasteiger partial charge is 0.185 e. The number of methoxy groups -OCH3 is 1. The third-order valence-corrected chi connectivity index (χ3v) is 2.65. The summed E-state index contributed by atoms with van der Waals surface area (Å²) in [6.07, 6.45) is 0. The van der Waals surface area contributed by atoms with Crippen molar-refractivity contribution in [3.8, 4) is 17.1 Å². The van der Waals surface area contributed by atoms with Gasteiger partial charge in [-0.15, -0.1) is 5.10 Å². The standard InChI is InChI=1S/C13H19N5O/c1-13(2,3)8-18-12(15-16-17-18)9-6-5-7-10(14)11(9)19-4/h5-7H,8,14H2,1-4H3. The van der Waals surface area contributed by atoms with Gasteiger partial charge in [-0.2, -0.15) is 0 Å². The number of aromatic nitrogens is 4. The molecule has 6 nitrogen and oxygen atoms in total. The van der Waals surface area contributed by atoms with Gasteiger partial charge in [-0.25, -0.2) is 4.68 Å². The van der Waals surface area contributed by atoms with Crippen molar-refractivity contribution in [2.45, 2.75) is 27.3 Å². The Labute approximate surface area is 112 Å². The number of nitrogens with two attached hydrogens (primary N) is 1. The maximum absolute atomic E-state index is 5.91. The molecule has 0 radical (unpaired) electrons. The van der Waals surface area contributed by atoms with E-state index in [9.17, 15) is 0 Å². The quantitative estimate of drug-likeness (QED) is 0.855. The molecule has 0 spiro atoms. The highest BCUT2D eigenvalue weighted by Gasteiger charge is 2.19. The van der Waals surface area contributed by atoms with E-state index in [4.69, 9.17) is 10.5 Å². The van der Waals surface area contributed by atoms with Crippen molar-refractivity contribution in [2.75, 3.05) is 12.8 Å². The van der Waals surface area contributed by atoms with Crippen LogP contribution in [0.2, 0.25) is 0 Å². The molecule has 102 valence electrons. The lowest BCUT2D eigenvalue weighted by molar-refractivity contribution is 0.323. The van der Waals surface area contributed by atoms with E-state index in [1.165, 1.54) is 0 Å². The largest absolute Gasteiger partial charge is 0.494 e. The first-order chi connectivity index (χ1) is 8.92. The van der Waals surface area contributed by atoms with E-state index in [1.807, 2.05) is 12.1 Å². The lowest BCUT2D eigenvalue weighted by Crippen LogP contribution is -2.17. The normalized spacial score (nSPS) is 11.6. The average molecular weight is 261 g/mol. The maximum atomic E-state index is 5.91. The van der Waals surface area contributed by atoms with Crippen LogP contribution in [0.4, 0.5) is 5.69 Å². The second kappa shape index (κ2) is 4.87. The van der Waals surface area contributed by atoms with Gasteiger partial charge in [0.2, 0.25) is 0 Å². The van der Waals surface area contributed by atoms with Gasteiger partial charge in [0.25, 0.3) is 0 Å². The van der Waals surface area contributed by atoms with Crippen molar-refractivity contribution < 1.29 is 4.74 Å². The molecule has 0 unspecified atom stereocenters. The van der Waals surface area contributed by atoms with E-state index in [0.29, 0.717) is 23.8 Å². The highest BCUT2D eigenvalue weighted by molar-refractivity contribution is 5.73. The minimum Gasteiger partial charge on any atom is -0.494 e. The number of tetrazole rings is 1.